The number of hydrogen-bond donors (Lipinski definition) is 0. The molecule has 3 rings (SSSR count). The van der Waals surface area contributed by atoms with Crippen LogP contribution >= 0.6 is 0 Å². The Hall–Kier alpha value is -2.67. The minimum absolute atomic E-state index is 0.0133. The number of esters is 1. The summed E-state index contributed by atoms with van der Waals surface area (Å²) < 4.78 is 30.7. The lowest BCUT2D eigenvalue weighted by molar-refractivity contribution is 0.0477. The van der Waals surface area contributed by atoms with Gasteiger partial charge in [-0.3, -0.25) is 4.79 Å². The Morgan fingerprint density at radius 2 is 1.72 bits per heavy atom. The average Bonchev–Trinajstić information content (AvgIpc) is 2.75. The molecule has 0 spiro atoms. The van der Waals surface area contributed by atoms with Crippen LogP contribution in [-0.2, 0) is 14.8 Å². The van der Waals surface area contributed by atoms with Crippen LogP contribution in [0, 0.1) is 13.8 Å². The van der Waals surface area contributed by atoms with Gasteiger partial charge in [0.1, 0.15) is 11.5 Å². The molecule has 0 radical (unpaired) electrons. The van der Waals surface area contributed by atoms with Crippen molar-refractivity contribution in [3.05, 3.63) is 64.7 Å². The van der Waals surface area contributed by atoms with Crippen molar-refractivity contribution in [2.45, 2.75) is 18.7 Å². The van der Waals surface area contributed by atoms with E-state index in [0.717, 1.165) is 15.4 Å². The van der Waals surface area contributed by atoms with E-state index in [0.29, 0.717) is 5.56 Å². The average molecular weight is 359 g/mol. The Balaban J connectivity index is 1.69. The Bertz CT molecular complexity index is 945. The van der Waals surface area contributed by atoms with Gasteiger partial charge < -0.3 is 4.74 Å². The second-order valence-corrected chi connectivity index (χ2v) is 7.72. The summed E-state index contributed by atoms with van der Waals surface area (Å²) in [4.78, 5) is 24.3. The molecule has 2 aromatic rings. The van der Waals surface area contributed by atoms with Crippen LogP contribution in [0.15, 0.2) is 47.4 Å². The number of carbonyl (C=O) groups excluding carboxylic acids is 2. The van der Waals surface area contributed by atoms with Crippen LogP contribution in [0.5, 0.6) is 0 Å². The number of rotatable bonds is 4. The van der Waals surface area contributed by atoms with E-state index in [2.05, 4.69) is 0 Å². The summed E-state index contributed by atoms with van der Waals surface area (Å²) >= 11 is 0. The number of aryl methyl sites for hydroxylation is 2. The van der Waals surface area contributed by atoms with Crippen molar-refractivity contribution >= 4 is 21.9 Å². The lowest BCUT2D eigenvalue weighted by Gasteiger charge is -2.15. The Labute approximate surface area is 146 Å². The van der Waals surface area contributed by atoms with E-state index >= 15 is 0 Å². The van der Waals surface area contributed by atoms with Crippen molar-refractivity contribution in [2.24, 2.45) is 0 Å². The number of carbonyl (C=O) groups is 2. The number of hydrogen-bond acceptors (Lipinski definition) is 5. The highest BCUT2D eigenvalue weighted by molar-refractivity contribution is 7.90. The fourth-order valence-corrected chi connectivity index (χ4v) is 4.40. The first-order valence-corrected chi connectivity index (χ1v) is 9.16. The van der Waals surface area contributed by atoms with Crippen molar-refractivity contribution in [2.75, 3.05) is 13.2 Å². The molecule has 0 bridgehead atoms. The third kappa shape index (κ3) is 3.15. The van der Waals surface area contributed by atoms with Crippen LogP contribution in [0.1, 0.15) is 31.8 Å². The first-order chi connectivity index (χ1) is 11.8. The molecule has 0 atom stereocenters. The second-order valence-electron chi connectivity index (χ2n) is 5.89. The smallest absolute Gasteiger partial charge is 0.338 e. The molecule has 0 aromatic heterocycles. The van der Waals surface area contributed by atoms with Crippen LogP contribution in [0.2, 0.25) is 0 Å². The summed E-state index contributed by atoms with van der Waals surface area (Å²) in [6.07, 6.45) is 0. The molecule has 0 saturated carbocycles. The summed E-state index contributed by atoms with van der Waals surface area (Å²) in [5, 5.41) is 0. The molecule has 2 aromatic carbocycles. The largest absolute Gasteiger partial charge is 0.460 e. The molecule has 0 saturated heterocycles. The van der Waals surface area contributed by atoms with E-state index in [1.54, 1.807) is 24.3 Å². The highest BCUT2D eigenvalue weighted by atomic mass is 32.2. The van der Waals surface area contributed by atoms with Gasteiger partial charge in [0.25, 0.3) is 15.9 Å². The molecule has 1 amide bonds. The van der Waals surface area contributed by atoms with E-state index in [1.165, 1.54) is 12.1 Å². The molecule has 1 aliphatic rings. The molecule has 130 valence electrons. The summed E-state index contributed by atoms with van der Waals surface area (Å²) in [5.74, 6) is -1.15. The van der Waals surface area contributed by atoms with Crippen molar-refractivity contribution in [3.8, 4) is 0 Å². The van der Waals surface area contributed by atoms with Gasteiger partial charge in [-0.15, -0.1) is 0 Å². The standard InChI is InChI=1S/C18H17NO5S/c1-12-9-13(2)11-14(10-12)18(21)24-8-7-19-17(20)15-5-3-4-6-16(15)25(19,22)23/h3-6,9-11H,7-8H2,1-2H3. The molecule has 7 heteroatoms. The third-order valence-corrected chi connectivity index (χ3v) is 5.74. The van der Waals surface area contributed by atoms with Gasteiger partial charge >= 0.3 is 5.97 Å². The van der Waals surface area contributed by atoms with Gasteiger partial charge in [0.05, 0.1) is 17.7 Å². The monoisotopic (exact) mass is 359 g/mol. The molecule has 25 heavy (non-hydrogen) atoms. The lowest BCUT2D eigenvalue weighted by atomic mass is 10.1. The quantitative estimate of drug-likeness (QED) is 0.783. The van der Waals surface area contributed by atoms with Crippen LogP contribution in [0.25, 0.3) is 0 Å². The molecule has 0 N–H and O–H groups in total. The number of nitrogens with zero attached hydrogens (tertiary/aromatic N) is 1. The SMILES string of the molecule is Cc1cc(C)cc(C(=O)OCCN2C(=O)c3ccccc3S2(=O)=O)c1. The van der Waals surface area contributed by atoms with Crippen LogP contribution in [0.3, 0.4) is 0 Å². The van der Waals surface area contributed by atoms with Crippen molar-refractivity contribution < 1.29 is 22.7 Å². The normalized spacial score (nSPS) is 15.1. The van der Waals surface area contributed by atoms with E-state index < -0.39 is 21.9 Å². The van der Waals surface area contributed by atoms with Crippen molar-refractivity contribution in [3.63, 3.8) is 0 Å². The highest BCUT2D eigenvalue weighted by Crippen LogP contribution is 2.29. The van der Waals surface area contributed by atoms with Gasteiger partial charge in [-0.1, -0.05) is 29.3 Å². The molecule has 0 fully saturated rings. The van der Waals surface area contributed by atoms with Gasteiger partial charge in [-0.05, 0) is 38.1 Å². The zero-order valence-electron chi connectivity index (χ0n) is 13.9. The third-order valence-electron chi connectivity index (χ3n) is 3.90. The van der Waals surface area contributed by atoms with Crippen LogP contribution in [-0.4, -0.2) is 37.8 Å². The fraction of sp³-hybridized carbons (Fsp3) is 0.222. The Kier molecular flexibility index (Phi) is 4.34. The van der Waals surface area contributed by atoms with Gasteiger partial charge in [0, 0.05) is 0 Å². The molecule has 0 unspecified atom stereocenters. The number of sulfonamides is 1. The molecular weight excluding hydrogens is 342 g/mol. The van der Waals surface area contributed by atoms with Crippen LogP contribution in [0.4, 0.5) is 0 Å². The predicted molar refractivity (Wildman–Crippen MR) is 90.9 cm³/mol. The zero-order valence-corrected chi connectivity index (χ0v) is 14.7. The molecular formula is C18H17NO5S. The van der Waals surface area contributed by atoms with Gasteiger partial charge in [0.2, 0.25) is 0 Å². The second kappa shape index (κ2) is 6.33. The van der Waals surface area contributed by atoms with E-state index in [1.807, 2.05) is 19.9 Å². The minimum atomic E-state index is -3.88. The maximum atomic E-state index is 12.4. The van der Waals surface area contributed by atoms with Gasteiger partial charge in [-0.2, -0.15) is 0 Å². The van der Waals surface area contributed by atoms with Gasteiger partial charge in [0.15, 0.2) is 0 Å². The molecule has 6 nitrogen and oxygen atoms in total. The maximum absolute atomic E-state index is 12.4. The predicted octanol–water partition coefficient (Wildman–Crippen LogP) is 2.30. The summed E-state index contributed by atoms with van der Waals surface area (Å²) in [6.45, 7) is 3.32. The number of amides is 1. The molecule has 1 aliphatic heterocycles. The minimum Gasteiger partial charge on any atom is -0.460 e. The Morgan fingerprint density at radius 1 is 1.08 bits per heavy atom. The first-order valence-electron chi connectivity index (χ1n) is 7.72. The summed E-state index contributed by atoms with van der Waals surface area (Å²) in [7, 11) is -3.88. The Morgan fingerprint density at radius 3 is 2.36 bits per heavy atom. The summed E-state index contributed by atoms with van der Waals surface area (Å²) in [5.41, 5.74) is 2.40. The summed E-state index contributed by atoms with van der Waals surface area (Å²) in [6, 6.07) is 11.4. The van der Waals surface area contributed by atoms with Gasteiger partial charge in [-0.25, -0.2) is 17.5 Å². The fourth-order valence-electron chi connectivity index (χ4n) is 2.85. The molecule has 0 aliphatic carbocycles. The number of benzene rings is 2. The van der Waals surface area contributed by atoms with Crippen molar-refractivity contribution in [1.29, 1.82) is 0 Å². The highest BCUT2D eigenvalue weighted by Gasteiger charge is 2.40. The van der Waals surface area contributed by atoms with E-state index in [4.69, 9.17) is 4.74 Å². The lowest BCUT2D eigenvalue weighted by Crippen LogP contribution is -2.33. The van der Waals surface area contributed by atoms with E-state index in [9.17, 15) is 18.0 Å². The van der Waals surface area contributed by atoms with Crippen molar-refractivity contribution in [1.82, 2.24) is 4.31 Å². The van der Waals surface area contributed by atoms with E-state index in [-0.39, 0.29) is 23.6 Å². The maximum Gasteiger partial charge on any atom is 0.338 e. The zero-order chi connectivity index (χ0) is 18.2. The topological polar surface area (TPSA) is 80.8 Å². The number of ether oxygens (including phenoxy) is 1. The molecule has 1 heterocycles. The number of fused-ring (bicyclic) bond motifs is 1. The van der Waals surface area contributed by atoms with Crippen LogP contribution < -0.4 is 0 Å². The first kappa shape index (κ1) is 17.2.